The Morgan fingerprint density at radius 3 is 0.944 bits per heavy atom. The minimum Gasteiger partial charge on any atom is -0.480 e. The van der Waals surface area contributed by atoms with Crippen LogP contribution in [-0.2, 0) is 0 Å². The van der Waals surface area contributed by atoms with E-state index in [1.165, 1.54) is 21.3 Å². The van der Waals surface area contributed by atoms with Crippen molar-refractivity contribution in [2.24, 2.45) is 0 Å². The fraction of sp³-hybridized carbons (Fsp3) is 0.111. The van der Waals surface area contributed by atoms with E-state index in [1.807, 2.05) is 18.2 Å². The van der Waals surface area contributed by atoms with E-state index in [2.05, 4.69) is 66.1 Å². The zero-order chi connectivity index (χ0) is 25.2. The van der Waals surface area contributed by atoms with Crippen LogP contribution in [0.3, 0.4) is 0 Å². The summed E-state index contributed by atoms with van der Waals surface area (Å²) in [6.45, 7) is 0. The maximum atomic E-state index is 5.03. The SMILES string of the molecule is COc1ccc(C#Cc2cc(C#Cc3ccc(OC)nn3)cc(C#Cc3ccc(OC)nn3)c2)nn1. The molecule has 3 heterocycles. The molecule has 0 saturated carbocycles. The molecule has 4 rings (SSSR count). The molecule has 0 fully saturated rings. The van der Waals surface area contributed by atoms with E-state index in [0.717, 1.165) is 0 Å². The van der Waals surface area contributed by atoms with Gasteiger partial charge in [0.05, 0.1) is 21.3 Å². The molecule has 0 atom stereocenters. The summed E-state index contributed by atoms with van der Waals surface area (Å²) in [5, 5.41) is 23.9. The molecule has 9 nitrogen and oxygen atoms in total. The monoisotopic (exact) mass is 474 g/mol. The summed E-state index contributed by atoms with van der Waals surface area (Å²) in [4.78, 5) is 0. The maximum absolute atomic E-state index is 5.03. The Labute approximate surface area is 207 Å². The second-order valence-corrected chi connectivity index (χ2v) is 6.93. The standard InChI is InChI=1S/C27H18N6O3/c1-34-25-13-10-22(28-31-25)7-4-19-16-20(5-8-23-11-14-26(35-2)32-29-23)18-21(17-19)6-9-24-12-15-27(36-3)33-30-24/h10-18H,1-3H3. The lowest BCUT2D eigenvalue weighted by atomic mass is 10.1. The maximum Gasteiger partial charge on any atom is 0.233 e. The Morgan fingerprint density at radius 1 is 0.417 bits per heavy atom. The number of hydrogen-bond donors (Lipinski definition) is 0. The quantitative estimate of drug-likeness (QED) is 0.414. The van der Waals surface area contributed by atoms with Crippen molar-refractivity contribution >= 4 is 0 Å². The van der Waals surface area contributed by atoms with Gasteiger partial charge in [-0.3, -0.25) is 0 Å². The summed E-state index contributed by atoms with van der Waals surface area (Å²) in [7, 11) is 4.58. The van der Waals surface area contributed by atoms with Gasteiger partial charge in [0.25, 0.3) is 0 Å². The van der Waals surface area contributed by atoms with E-state index in [-0.39, 0.29) is 0 Å². The predicted octanol–water partition coefficient (Wildman–Crippen LogP) is 2.28. The summed E-state index contributed by atoms with van der Waals surface area (Å²) < 4.78 is 15.1. The molecule has 0 radical (unpaired) electrons. The fourth-order valence-corrected chi connectivity index (χ4v) is 2.74. The number of aromatic nitrogens is 6. The van der Waals surface area contributed by atoms with Crippen LogP contribution in [0.1, 0.15) is 33.8 Å². The topological polar surface area (TPSA) is 105 Å². The van der Waals surface area contributed by atoms with Gasteiger partial charge in [-0.05, 0) is 54.2 Å². The van der Waals surface area contributed by atoms with E-state index in [0.29, 0.717) is 51.4 Å². The number of benzene rings is 1. The normalized spacial score (nSPS) is 9.42. The molecule has 0 aliphatic rings. The average molecular weight is 474 g/mol. The van der Waals surface area contributed by atoms with Crippen molar-refractivity contribution in [1.29, 1.82) is 0 Å². The molecule has 9 heteroatoms. The molecule has 0 saturated heterocycles. The van der Waals surface area contributed by atoms with Gasteiger partial charge >= 0.3 is 0 Å². The van der Waals surface area contributed by atoms with Crippen molar-refractivity contribution < 1.29 is 14.2 Å². The van der Waals surface area contributed by atoms with Crippen molar-refractivity contribution in [3.8, 4) is 53.2 Å². The summed E-state index contributed by atoms with van der Waals surface area (Å²) in [5.74, 6) is 19.5. The van der Waals surface area contributed by atoms with Crippen LogP contribution in [0.15, 0.2) is 54.6 Å². The van der Waals surface area contributed by atoms with Crippen LogP contribution in [0.25, 0.3) is 0 Å². The third-order valence-corrected chi connectivity index (χ3v) is 4.49. The Balaban J connectivity index is 1.67. The first-order chi connectivity index (χ1) is 17.6. The van der Waals surface area contributed by atoms with Crippen LogP contribution in [0, 0.1) is 35.5 Å². The van der Waals surface area contributed by atoms with Gasteiger partial charge in [-0.2, -0.15) is 0 Å². The van der Waals surface area contributed by atoms with Gasteiger partial charge in [0.1, 0.15) is 17.1 Å². The average Bonchev–Trinajstić information content (AvgIpc) is 2.94. The molecule has 0 aliphatic carbocycles. The first-order valence-corrected chi connectivity index (χ1v) is 10.5. The molecule has 0 aliphatic heterocycles. The first-order valence-electron chi connectivity index (χ1n) is 10.5. The van der Waals surface area contributed by atoms with Crippen LogP contribution in [0.2, 0.25) is 0 Å². The Morgan fingerprint density at radius 2 is 0.722 bits per heavy atom. The molecule has 0 bridgehead atoms. The lowest BCUT2D eigenvalue weighted by Gasteiger charge is -1.98. The van der Waals surface area contributed by atoms with Crippen LogP contribution < -0.4 is 14.2 Å². The molecule has 36 heavy (non-hydrogen) atoms. The molecule has 0 unspecified atom stereocenters. The van der Waals surface area contributed by atoms with E-state index < -0.39 is 0 Å². The first kappa shape index (κ1) is 23.7. The van der Waals surface area contributed by atoms with Crippen LogP contribution >= 0.6 is 0 Å². The van der Waals surface area contributed by atoms with Gasteiger partial charge in [-0.1, -0.05) is 17.8 Å². The van der Waals surface area contributed by atoms with E-state index >= 15 is 0 Å². The smallest absolute Gasteiger partial charge is 0.233 e. The highest BCUT2D eigenvalue weighted by molar-refractivity contribution is 5.54. The van der Waals surface area contributed by atoms with Crippen molar-refractivity contribution in [3.05, 3.63) is 88.4 Å². The lowest BCUT2D eigenvalue weighted by Crippen LogP contribution is -1.93. The molecule has 0 N–H and O–H groups in total. The number of hydrogen-bond acceptors (Lipinski definition) is 9. The van der Waals surface area contributed by atoms with E-state index in [4.69, 9.17) is 14.2 Å². The molecular weight excluding hydrogens is 456 g/mol. The van der Waals surface area contributed by atoms with Crippen molar-refractivity contribution in [1.82, 2.24) is 30.6 Å². The van der Waals surface area contributed by atoms with Gasteiger partial charge in [0.2, 0.25) is 17.6 Å². The van der Waals surface area contributed by atoms with Crippen molar-refractivity contribution in [2.75, 3.05) is 21.3 Å². The highest BCUT2D eigenvalue weighted by Gasteiger charge is 2.00. The number of nitrogens with zero attached hydrogens (tertiary/aromatic N) is 6. The van der Waals surface area contributed by atoms with Crippen LogP contribution in [0.5, 0.6) is 17.6 Å². The third kappa shape index (κ3) is 6.54. The van der Waals surface area contributed by atoms with Gasteiger partial charge in [0.15, 0.2) is 0 Å². The zero-order valence-corrected chi connectivity index (χ0v) is 19.6. The number of ether oxygens (including phenoxy) is 3. The van der Waals surface area contributed by atoms with Gasteiger partial charge in [-0.15, -0.1) is 30.6 Å². The summed E-state index contributed by atoms with van der Waals surface area (Å²) in [6.07, 6.45) is 0. The molecule has 1 aromatic carbocycles. The second kappa shape index (κ2) is 11.6. The summed E-state index contributed by atoms with van der Waals surface area (Å²) in [5.41, 5.74) is 3.60. The van der Waals surface area contributed by atoms with E-state index in [1.54, 1.807) is 36.4 Å². The van der Waals surface area contributed by atoms with Crippen molar-refractivity contribution in [3.63, 3.8) is 0 Å². The largest absolute Gasteiger partial charge is 0.480 e. The van der Waals surface area contributed by atoms with Gasteiger partial charge in [0, 0.05) is 34.9 Å². The fourth-order valence-electron chi connectivity index (χ4n) is 2.74. The highest BCUT2D eigenvalue weighted by atomic mass is 16.5. The Hall–Kier alpha value is -5.46. The minimum atomic E-state index is 0.415. The number of methoxy groups -OCH3 is 3. The molecule has 0 spiro atoms. The molecule has 0 amide bonds. The lowest BCUT2D eigenvalue weighted by molar-refractivity contribution is 0.391. The van der Waals surface area contributed by atoms with E-state index in [9.17, 15) is 0 Å². The molecular formula is C27H18N6O3. The Kier molecular flexibility index (Phi) is 7.63. The zero-order valence-electron chi connectivity index (χ0n) is 19.6. The molecule has 4 aromatic rings. The minimum absolute atomic E-state index is 0.415. The van der Waals surface area contributed by atoms with Crippen molar-refractivity contribution in [2.45, 2.75) is 0 Å². The third-order valence-electron chi connectivity index (χ3n) is 4.49. The second-order valence-electron chi connectivity index (χ2n) is 6.93. The van der Waals surface area contributed by atoms with Gasteiger partial charge in [-0.25, -0.2) is 0 Å². The number of rotatable bonds is 3. The predicted molar refractivity (Wildman–Crippen MR) is 130 cm³/mol. The van der Waals surface area contributed by atoms with Crippen LogP contribution in [-0.4, -0.2) is 51.9 Å². The highest BCUT2D eigenvalue weighted by Crippen LogP contribution is 2.11. The summed E-state index contributed by atoms with van der Waals surface area (Å²) >= 11 is 0. The molecule has 174 valence electrons. The van der Waals surface area contributed by atoms with Crippen LogP contribution in [0.4, 0.5) is 0 Å². The summed E-state index contributed by atoms with van der Waals surface area (Å²) in [6, 6.07) is 15.8. The molecule has 3 aromatic heterocycles. The van der Waals surface area contributed by atoms with Gasteiger partial charge < -0.3 is 14.2 Å². The Bertz CT molecular complexity index is 1330.